The lowest BCUT2D eigenvalue weighted by Crippen LogP contribution is -2.47. The number of anilines is 1. The van der Waals surface area contributed by atoms with E-state index in [0.29, 0.717) is 18.0 Å². The lowest BCUT2D eigenvalue weighted by Gasteiger charge is -2.21. The number of thiophene rings is 1. The zero-order valence-corrected chi connectivity index (χ0v) is 15.9. The van der Waals surface area contributed by atoms with Gasteiger partial charge in [-0.1, -0.05) is 24.3 Å². The Hall–Kier alpha value is -2.91. The quantitative estimate of drug-likeness (QED) is 0.467. The number of nitrogens with one attached hydrogen (secondary N) is 2. The van der Waals surface area contributed by atoms with E-state index in [9.17, 15) is 14.4 Å². The van der Waals surface area contributed by atoms with Gasteiger partial charge >= 0.3 is 12.0 Å². The summed E-state index contributed by atoms with van der Waals surface area (Å²) in [7, 11) is 0. The van der Waals surface area contributed by atoms with E-state index in [2.05, 4.69) is 10.6 Å². The molecule has 1 aromatic heterocycles. The third kappa shape index (κ3) is 5.28. The smallest absolute Gasteiger partial charge is 0.323 e. The molecule has 0 saturated heterocycles. The first kappa shape index (κ1) is 20.4. The largest absolute Gasteiger partial charge is 0.480 e. The minimum absolute atomic E-state index is 0.198. The fourth-order valence-corrected chi connectivity index (χ4v) is 3.46. The Morgan fingerprint density at radius 1 is 1.19 bits per heavy atom. The molecule has 0 bridgehead atoms. The van der Waals surface area contributed by atoms with E-state index in [-0.39, 0.29) is 5.56 Å². The van der Waals surface area contributed by atoms with Gasteiger partial charge in [-0.3, -0.25) is 14.9 Å². The van der Waals surface area contributed by atoms with Crippen LogP contribution in [0.4, 0.5) is 9.80 Å². The lowest BCUT2D eigenvalue weighted by molar-refractivity contribution is -0.143. The van der Waals surface area contributed by atoms with Gasteiger partial charge in [0.25, 0.3) is 5.91 Å². The molecule has 27 heavy (non-hydrogen) atoms. The molecule has 2 rings (SSSR count). The van der Waals surface area contributed by atoms with Gasteiger partial charge in [-0.05, 0) is 37.5 Å². The highest BCUT2D eigenvalue weighted by Gasteiger charge is 2.25. The highest BCUT2D eigenvalue weighted by molar-refractivity contribution is 7.20. The van der Waals surface area contributed by atoms with Crippen LogP contribution in [0.1, 0.15) is 29.8 Å². The number of hydrogen-bond acceptors (Lipinski definition) is 5. The van der Waals surface area contributed by atoms with Crippen LogP contribution < -0.4 is 22.1 Å². The Morgan fingerprint density at radius 2 is 1.89 bits per heavy atom. The van der Waals surface area contributed by atoms with Crippen molar-refractivity contribution in [3.05, 3.63) is 41.5 Å². The van der Waals surface area contributed by atoms with Crippen molar-refractivity contribution in [1.29, 1.82) is 0 Å². The second-order valence-corrected chi connectivity index (χ2v) is 7.57. The third-order valence-corrected chi connectivity index (χ3v) is 5.06. The van der Waals surface area contributed by atoms with Crippen LogP contribution in [0.5, 0.6) is 0 Å². The SMILES string of the molecule is CC(C)(NCCc1cccc(-c2cc(C(N)=O)c(NC(N)=O)s2)c1)C(=O)O. The standard InChI is InChI=1S/C18H22N4O4S/c1-18(2,16(24)25)21-7-6-10-4-3-5-11(8-10)13-9-12(14(19)23)15(27-13)22-17(20)26/h3-5,8-9,21H,6-7H2,1-2H3,(H2,19,23)(H,24,25)(H3,20,22,26). The molecule has 0 radical (unpaired) electrons. The van der Waals surface area contributed by atoms with Crippen LogP contribution in [0.15, 0.2) is 30.3 Å². The Morgan fingerprint density at radius 3 is 2.48 bits per heavy atom. The Labute approximate surface area is 160 Å². The topological polar surface area (TPSA) is 148 Å². The Bertz CT molecular complexity index is 876. The zero-order valence-electron chi connectivity index (χ0n) is 15.0. The summed E-state index contributed by atoms with van der Waals surface area (Å²) in [6.45, 7) is 3.71. The molecule has 0 spiro atoms. The molecular formula is C18H22N4O4S. The number of nitrogens with two attached hydrogens (primary N) is 2. The van der Waals surface area contributed by atoms with Crippen molar-refractivity contribution < 1.29 is 19.5 Å². The number of rotatable bonds is 8. The molecule has 0 aliphatic heterocycles. The van der Waals surface area contributed by atoms with Crippen LogP contribution in [0.25, 0.3) is 10.4 Å². The number of carboxylic acids is 1. The summed E-state index contributed by atoms with van der Waals surface area (Å²) in [5.41, 5.74) is 11.5. The summed E-state index contributed by atoms with van der Waals surface area (Å²) in [6.07, 6.45) is 0.630. The molecule has 1 aromatic carbocycles. The molecule has 0 fully saturated rings. The average Bonchev–Trinajstić information content (AvgIpc) is 2.98. The number of amides is 3. The second kappa shape index (κ2) is 8.19. The van der Waals surface area contributed by atoms with Gasteiger partial charge in [0.15, 0.2) is 0 Å². The molecule has 9 heteroatoms. The Balaban J connectivity index is 2.18. The maximum atomic E-state index is 11.6. The average molecular weight is 390 g/mol. The van der Waals surface area contributed by atoms with Crippen LogP contribution in [-0.4, -0.2) is 35.1 Å². The van der Waals surface area contributed by atoms with E-state index >= 15 is 0 Å². The van der Waals surface area contributed by atoms with Gasteiger partial charge in [-0.15, -0.1) is 11.3 Å². The van der Waals surface area contributed by atoms with Gasteiger partial charge in [-0.2, -0.15) is 0 Å². The highest BCUT2D eigenvalue weighted by Crippen LogP contribution is 2.35. The van der Waals surface area contributed by atoms with Crippen LogP contribution in [0.3, 0.4) is 0 Å². The molecule has 0 unspecified atom stereocenters. The van der Waals surface area contributed by atoms with E-state index in [1.807, 2.05) is 24.3 Å². The summed E-state index contributed by atoms with van der Waals surface area (Å²) in [5, 5.41) is 14.8. The lowest BCUT2D eigenvalue weighted by atomic mass is 10.0. The number of benzene rings is 1. The fourth-order valence-electron chi connectivity index (χ4n) is 2.40. The zero-order chi connectivity index (χ0) is 20.2. The maximum absolute atomic E-state index is 11.6. The predicted molar refractivity (Wildman–Crippen MR) is 105 cm³/mol. The van der Waals surface area contributed by atoms with Crippen LogP contribution in [-0.2, 0) is 11.2 Å². The van der Waals surface area contributed by atoms with E-state index in [1.54, 1.807) is 19.9 Å². The molecule has 0 saturated carbocycles. The van der Waals surface area contributed by atoms with E-state index in [1.165, 1.54) is 11.3 Å². The minimum Gasteiger partial charge on any atom is -0.480 e. The van der Waals surface area contributed by atoms with Gasteiger partial charge in [0.05, 0.1) is 5.56 Å². The second-order valence-electron chi connectivity index (χ2n) is 6.51. The summed E-state index contributed by atoms with van der Waals surface area (Å²) in [6, 6.07) is 8.47. The normalized spacial score (nSPS) is 11.2. The fraction of sp³-hybridized carbons (Fsp3) is 0.278. The number of hydrogen-bond donors (Lipinski definition) is 5. The van der Waals surface area contributed by atoms with E-state index in [0.717, 1.165) is 16.0 Å². The molecule has 8 nitrogen and oxygen atoms in total. The molecule has 2 aromatic rings. The van der Waals surface area contributed by atoms with Gasteiger partial charge in [0.2, 0.25) is 0 Å². The highest BCUT2D eigenvalue weighted by atomic mass is 32.1. The maximum Gasteiger partial charge on any atom is 0.323 e. The van der Waals surface area contributed by atoms with Crippen molar-refractivity contribution in [2.75, 3.05) is 11.9 Å². The minimum atomic E-state index is -1.00. The molecular weight excluding hydrogens is 368 g/mol. The number of urea groups is 1. The molecule has 7 N–H and O–H groups in total. The number of carbonyl (C=O) groups is 3. The molecule has 0 aliphatic rings. The van der Waals surface area contributed by atoms with Crippen molar-refractivity contribution in [2.24, 2.45) is 11.5 Å². The van der Waals surface area contributed by atoms with Gasteiger partial charge < -0.3 is 21.9 Å². The van der Waals surface area contributed by atoms with Crippen LogP contribution >= 0.6 is 11.3 Å². The van der Waals surface area contributed by atoms with Crippen LogP contribution in [0, 0.1) is 0 Å². The summed E-state index contributed by atoms with van der Waals surface area (Å²) in [4.78, 5) is 34.6. The molecule has 1 heterocycles. The summed E-state index contributed by atoms with van der Waals surface area (Å²) in [5.74, 6) is -1.57. The van der Waals surface area contributed by atoms with Crippen molar-refractivity contribution in [3.63, 3.8) is 0 Å². The molecule has 0 aliphatic carbocycles. The number of carbonyl (C=O) groups excluding carboxylic acids is 2. The Kier molecular flexibility index (Phi) is 6.19. The third-order valence-electron chi connectivity index (χ3n) is 3.96. The number of carboxylic acid groups (broad SMARTS) is 1. The van der Waals surface area contributed by atoms with E-state index < -0.39 is 23.4 Å². The van der Waals surface area contributed by atoms with E-state index in [4.69, 9.17) is 16.6 Å². The van der Waals surface area contributed by atoms with Crippen molar-refractivity contribution in [3.8, 4) is 10.4 Å². The van der Waals surface area contributed by atoms with Crippen molar-refractivity contribution >= 4 is 34.2 Å². The monoisotopic (exact) mass is 390 g/mol. The van der Waals surface area contributed by atoms with Crippen molar-refractivity contribution in [2.45, 2.75) is 25.8 Å². The summed E-state index contributed by atoms with van der Waals surface area (Å²) < 4.78 is 0. The molecule has 144 valence electrons. The first-order chi connectivity index (χ1) is 12.6. The van der Waals surface area contributed by atoms with Crippen molar-refractivity contribution in [1.82, 2.24) is 5.32 Å². The molecule has 3 amide bonds. The van der Waals surface area contributed by atoms with Crippen LogP contribution in [0.2, 0.25) is 0 Å². The summed E-state index contributed by atoms with van der Waals surface area (Å²) >= 11 is 1.20. The first-order valence-electron chi connectivity index (χ1n) is 8.18. The number of aliphatic carboxylic acids is 1. The molecule has 0 atom stereocenters. The number of primary amides is 2. The van der Waals surface area contributed by atoms with Gasteiger partial charge in [-0.25, -0.2) is 4.79 Å². The van der Waals surface area contributed by atoms with Gasteiger partial charge in [0.1, 0.15) is 10.5 Å². The van der Waals surface area contributed by atoms with Gasteiger partial charge in [0, 0.05) is 11.4 Å². The predicted octanol–water partition coefficient (Wildman–Crippen LogP) is 2.00. The first-order valence-corrected chi connectivity index (χ1v) is 8.99.